The third-order valence-corrected chi connectivity index (χ3v) is 5.29. The first-order valence-electron chi connectivity index (χ1n) is 10.1. The minimum absolute atomic E-state index is 0.00597. The van der Waals surface area contributed by atoms with Gasteiger partial charge in [-0.25, -0.2) is 4.79 Å². The summed E-state index contributed by atoms with van der Waals surface area (Å²) in [6, 6.07) is 12.0. The number of hydrogen-bond acceptors (Lipinski definition) is 9. The largest absolute Gasteiger partial charge is 0.486 e. The lowest BCUT2D eigenvalue weighted by atomic mass is 10.1. The summed E-state index contributed by atoms with van der Waals surface area (Å²) in [5, 5.41) is 19.6. The van der Waals surface area contributed by atoms with E-state index >= 15 is 0 Å². The standard InChI is InChI=1S/C22H15N5O7/c28-20-10-19(15-3-1-2-4-18(15)34-20)33-12-13-11-25(24-23-13)7-8-26-17-6-5-14(27(31)32)9-16(17)21(29)22(26)30/h1-6,9-11H,7-8,12H2. The summed E-state index contributed by atoms with van der Waals surface area (Å²) in [5.41, 5.74) is 0.422. The van der Waals surface area contributed by atoms with Gasteiger partial charge in [-0.3, -0.25) is 24.4 Å². The number of nitro benzene ring substituents is 1. The number of Topliss-reactive ketones (excluding diaryl/α,β-unsaturated/α-hetero) is 1. The minimum atomic E-state index is -0.786. The number of fused-ring (bicyclic) bond motifs is 2. The van der Waals surface area contributed by atoms with Crippen LogP contribution >= 0.6 is 0 Å². The second kappa shape index (κ2) is 8.24. The van der Waals surface area contributed by atoms with Crippen molar-refractivity contribution in [3.8, 4) is 5.75 Å². The molecule has 0 bridgehead atoms. The number of rotatable bonds is 7. The highest BCUT2D eigenvalue weighted by molar-refractivity contribution is 6.52. The van der Waals surface area contributed by atoms with E-state index in [1.807, 2.05) is 0 Å². The lowest BCUT2D eigenvalue weighted by Crippen LogP contribution is -2.32. The van der Waals surface area contributed by atoms with Gasteiger partial charge in [-0.05, 0) is 18.2 Å². The zero-order chi connectivity index (χ0) is 23.8. The molecule has 12 nitrogen and oxygen atoms in total. The molecule has 1 aliphatic rings. The van der Waals surface area contributed by atoms with Crippen LogP contribution in [0.1, 0.15) is 16.1 Å². The summed E-state index contributed by atoms with van der Waals surface area (Å²) in [5.74, 6) is -1.19. The van der Waals surface area contributed by atoms with Crippen LogP contribution in [0.5, 0.6) is 5.75 Å². The third-order valence-electron chi connectivity index (χ3n) is 5.29. The van der Waals surface area contributed by atoms with E-state index in [-0.39, 0.29) is 30.9 Å². The molecule has 0 spiro atoms. The molecule has 1 amide bonds. The smallest absolute Gasteiger partial charge is 0.339 e. The number of carbonyl (C=O) groups excluding carboxylic acids is 2. The maximum Gasteiger partial charge on any atom is 0.339 e. The topological polar surface area (TPSA) is 151 Å². The molecule has 3 heterocycles. The number of carbonyl (C=O) groups is 2. The molecule has 5 rings (SSSR count). The van der Waals surface area contributed by atoms with E-state index in [9.17, 15) is 24.5 Å². The molecule has 1 aliphatic heterocycles. The summed E-state index contributed by atoms with van der Waals surface area (Å²) in [6.07, 6.45) is 1.62. The first-order valence-corrected chi connectivity index (χ1v) is 10.1. The van der Waals surface area contributed by atoms with E-state index in [4.69, 9.17) is 9.15 Å². The third kappa shape index (κ3) is 3.77. The van der Waals surface area contributed by atoms with E-state index in [1.165, 1.54) is 27.8 Å². The van der Waals surface area contributed by atoms with Gasteiger partial charge in [0, 0.05) is 18.7 Å². The number of nitro groups is 1. The highest BCUT2D eigenvalue weighted by Gasteiger charge is 2.36. The van der Waals surface area contributed by atoms with Crippen LogP contribution in [0.15, 0.2) is 63.9 Å². The van der Waals surface area contributed by atoms with Crippen molar-refractivity contribution in [2.75, 3.05) is 11.4 Å². The molecule has 0 unspecified atom stereocenters. The first kappa shape index (κ1) is 21.0. The van der Waals surface area contributed by atoms with Gasteiger partial charge < -0.3 is 14.1 Å². The van der Waals surface area contributed by atoms with E-state index in [0.717, 1.165) is 6.07 Å². The monoisotopic (exact) mass is 461 g/mol. The molecular weight excluding hydrogens is 446 g/mol. The first-order chi connectivity index (χ1) is 16.4. The number of nitrogens with zero attached hydrogens (tertiary/aromatic N) is 5. The summed E-state index contributed by atoms with van der Waals surface area (Å²) < 4.78 is 12.4. The van der Waals surface area contributed by atoms with E-state index in [1.54, 1.807) is 30.5 Å². The van der Waals surface area contributed by atoms with Gasteiger partial charge in [-0.1, -0.05) is 17.3 Å². The SMILES string of the molecule is O=C1C(=O)N(CCn2cc(COc3cc(=O)oc4ccccc34)nn2)c2ccc([N+](=O)[O-])cc21. The maximum atomic E-state index is 12.4. The Morgan fingerprint density at radius 1 is 1.06 bits per heavy atom. The van der Waals surface area contributed by atoms with Crippen LogP contribution in [0.2, 0.25) is 0 Å². The van der Waals surface area contributed by atoms with Crippen molar-refractivity contribution >= 4 is 34.0 Å². The molecule has 0 fully saturated rings. The van der Waals surface area contributed by atoms with E-state index in [0.29, 0.717) is 28.1 Å². The highest BCUT2D eigenvalue weighted by Crippen LogP contribution is 2.32. The molecule has 4 aromatic rings. The van der Waals surface area contributed by atoms with Crippen molar-refractivity contribution in [2.24, 2.45) is 0 Å². The van der Waals surface area contributed by atoms with Crippen LogP contribution in [-0.4, -0.2) is 38.2 Å². The molecule has 2 aromatic heterocycles. The normalized spacial score (nSPS) is 12.9. The second-order valence-corrected chi connectivity index (χ2v) is 7.43. The molecule has 0 atom stereocenters. The zero-order valence-electron chi connectivity index (χ0n) is 17.4. The van der Waals surface area contributed by atoms with Gasteiger partial charge in [0.1, 0.15) is 23.6 Å². The average Bonchev–Trinajstić information content (AvgIpc) is 3.38. The van der Waals surface area contributed by atoms with Crippen LogP contribution in [0, 0.1) is 10.1 Å². The second-order valence-electron chi connectivity index (χ2n) is 7.43. The Morgan fingerprint density at radius 3 is 2.71 bits per heavy atom. The van der Waals surface area contributed by atoms with Crippen molar-refractivity contribution in [1.29, 1.82) is 0 Å². The zero-order valence-corrected chi connectivity index (χ0v) is 17.4. The fraction of sp³-hybridized carbons (Fsp3) is 0.136. The number of amides is 1. The fourth-order valence-corrected chi connectivity index (χ4v) is 3.69. The number of anilines is 1. The Balaban J connectivity index is 1.27. The van der Waals surface area contributed by atoms with Gasteiger partial charge >= 0.3 is 5.63 Å². The lowest BCUT2D eigenvalue weighted by molar-refractivity contribution is -0.384. The predicted octanol–water partition coefficient (Wildman–Crippen LogP) is 2.10. The number of non-ortho nitro benzene ring substituents is 1. The highest BCUT2D eigenvalue weighted by atomic mass is 16.6. The number of ketones is 1. The molecule has 170 valence electrons. The van der Waals surface area contributed by atoms with Gasteiger partial charge in [0.25, 0.3) is 17.4 Å². The van der Waals surface area contributed by atoms with Crippen LogP contribution < -0.4 is 15.3 Å². The molecule has 0 N–H and O–H groups in total. The Morgan fingerprint density at radius 2 is 1.88 bits per heavy atom. The van der Waals surface area contributed by atoms with Crippen molar-refractivity contribution in [1.82, 2.24) is 15.0 Å². The predicted molar refractivity (Wildman–Crippen MR) is 117 cm³/mol. The van der Waals surface area contributed by atoms with Gasteiger partial charge in [-0.2, -0.15) is 0 Å². The molecule has 0 aliphatic carbocycles. The number of hydrogen-bond donors (Lipinski definition) is 0. The van der Waals surface area contributed by atoms with E-state index in [2.05, 4.69) is 10.3 Å². The summed E-state index contributed by atoms with van der Waals surface area (Å²) in [4.78, 5) is 48.0. The van der Waals surface area contributed by atoms with Crippen molar-refractivity contribution in [3.05, 3.63) is 86.5 Å². The Hall–Kier alpha value is -4.87. The minimum Gasteiger partial charge on any atom is -0.486 e. The van der Waals surface area contributed by atoms with Gasteiger partial charge in [0.2, 0.25) is 0 Å². The van der Waals surface area contributed by atoms with Crippen LogP contribution in [-0.2, 0) is 17.9 Å². The molecule has 12 heteroatoms. The van der Waals surface area contributed by atoms with Crippen LogP contribution in [0.4, 0.5) is 11.4 Å². The lowest BCUT2D eigenvalue weighted by Gasteiger charge is -2.15. The molecule has 2 aromatic carbocycles. The van der Waals surface area contributed by atoms with Crippen LogP contribution in [0.3, 0.4) is 0 Å². The fourth-order valence-electron chi connectivity index (χ4n) is 3.69. The summed E-state index contributed by atoms with van der Waals surface area (Å²) in [6.45, 7) is 0.380. The van der Waals surface area contributed by atoms with Crippen molar-refractivity contribution in [3.63, 3.8) is 0 Å². The van der Waals surface area contributed by atoms with Gasteiger partial charge in [0.15, 0.2) is 0 Å². The molecule has 0 radical (unpaired) electrons. The van der Waals surface area contributed by atoms with Gasteiger partial charge in [0.05, 0.1) is 40.4 Å². The molecule has 0 saturated heterocycles. The molecule has 34 heavy (non-hydrogen) atoms. The Bertz CT molecular complexity index is 1520. The number of benzene rings is 2. The number of aromatic nitrogens is 3. The Kier molecular flexibility index (Phi) is 5.09. The number of para-hydroxylation sites is 1. The van der Waals surface area contributed by atoms with Crippen LogP contribution in [0.25, 0.3) is 11.0 Å². The van der Waals surface area contributed by atoms with Crippen molar-refractivity contribution < 1.29 is 23.7 Å². The number of ether oxygens (including phenoxy) is 1. The molecule has 0 saturated carbocycles. The Labute approximate surface area is 190 Å². The molecular formula is C22H15N5O7. The maximum absolute atomic E-state index is 12.4. The summed E-state index contributed by atoms with van der Waals surface area (Å²) in [7, 11) is 0. The van der Waals surface area contributed by atoms with Gasteiger partial charge in [-0.15, -0.1) is 5.10 Å². The average molecular weight is 461 g/mol. The summed E-state index contributed by atoms with van der Waals surface area (Å²) >= 11 is 0. The quantitative estimate of drug-likeness (QED) is 0.174. The van der Waals surface area contributed by atoms with E-state index < -0.39 is 22.2 Å². The van der Waals surface area contributed by atoms with Crippen molar-refractivity contribution in [2.45, 2.75) is 13.2 Å².